The molecule has 0 spiro atoms. The van der Waals surface area contributed by atoms with Crippen molar-refractivity contribution in [1.82, 2.24) is 10.7 Å². The summed E-state index contributed by atoms with van der Waals surface area (Å²) in [7, 11) is 0. The maximum atomic E-state index is 12.2. The summed E-state index contributed by atoms with van der Waals surface area (Å²) in [4.78, 5) is 34.0. The van der Waals surface area contributed by atoms with E-state index in [4.69, 9.17) is 9.15 Å². The number of hydrogen-bond donors (Lipinski definition) is 2. The van der Waals surface area contributed by atoms with Crippen LogP contribution in [0.4, 0.5) is 10.7 Å². The highest BCUT2D eigenvalue weighted by atomic mass is 16.6. The van der Waals surface area contributed by atoms with Gasteiger partial charge >= 0.3 is 12.0 Å². The van der Waals surface area contributed by atoms with Crippen molar-refractivity contribution in [3.8, 4) is 0 Å². The number of nitrogens with zero attached hydrogens (tertiary/aromatic N) is 2. The number of furan rings is 1. The van der Waals surface area contributed by atoms with Gasteiger partial charge in [-0.25, -0.2) is 10.2 Å². The number of amides is 2. The van der Waals surface area contributed by atoms with Gasteiger partial charge < -0.3 is 14.5 Å². The predicted molar refractivity (Wildman–Crippen MR) is 93.7 cm³/mol. The quantitative estimate of drug-likeness (QED) is 0.431. The molecule has 10 heteroatoms. The summed E-state index contributed by atoms with van der Waals surface area (Å²) in [5, 5.41) is 16.7. The number of hydrogen-bond acceptors (Lipinski definition) is 7. The van der Waals surface area contributed by atoms with E-state index in [0.29, 0.717) is 6.42 Å². The molecule has 0 aliphatic heterocycles. The number of nitrogens with one attached hydrogen (secondary N) is 2. The number of ether oxygens (including phenoxy) is 1. The van der Waals surface area contributed by atoms with Crippen LogP contribution in [0.1, 0.15) is 46.8 Å². The zero-order valence-corrected chi connectivity index (χ0v) is 15.4. The van der Waals surface area contributed by atoms with Gasteiger partial charge in [0, 0.05) is 0 Å². The zero-order chi connectivity index (χ0) is 19.9. The average molecular weight is 368 g/mol. The molecular weight excluding hydrogens is 344 g/mol. The lowest BCUT2D eigenvalue weighted by Crippen LogP contribution is -2.47. The van der Waals surface area contributed by atoms with E-state index in [1.807, 2.05) is 13.8 Å². The Morgan fingerprint density at radius 1 is 1.38 bits per heavy atom. The molecule has 1 aromatic rings. The van der Waals surface area contributed by atoms with E-state index in [1.165, 1.54) is 12.1 Å². The van der Waals surface area contributed by atoms with Crippen molar-refractivity contribution in [2.75, 3.05) is 0 Å². The second kappa shape index (κ2) is 8.97. The van der Waals surface area contributed by atoms with Gasteiger partial charge in [0.2, 0.25) is 0 Å². The molecule has 0 unspecified atom stereocenters. The average Bonchev–Trinajstić information content (AvgIpc) is 2.93. The minimum Gasteiger partial charge on any atom is -0.444 e. The van der Waals surface area contributed by atoms with Crippen LogP contribution in [0.25, 0.3) is 0 Å². The molecular formula is C16H24N4O6. The molecule has 10 nitrogen and oxygen atoms in total. The predicted octanol–water partition coefficient (Wildman–Crippen LogP) is 2.58. The molecule has 1 heterocycles. The Balaban J connectivity index is 2.68. The molecule has 1 aromatic heterocycles. The number of alkyl carbamates (subject to hydrolysis) is 1. The third-order valence-corrected chi connectivity index (χ3v) is 2.87. The molecule has 0 aliphatic rings. The van der Waals surface area contributed by atoms with Crippen molar-refractivity contribution in [1.29, 1.82) is 0 Å². The van der Waals surface area contributed by atoms with Crippen LogP contribution in [0.5, 0.6) is 0 Å². The largest absolute Gasteiger partial charge is 0.444 e. The lowest BCUT2D eigenvalue weighted by Gasteiger charge is -2.23. The minimum absolute atomic E-state index is 0.109. The fourth-order valence-electron chi connectivity index (χ4n) is 1.90. The number of carbonyl (C=O) groups excluding carboxylic acids is 2. The first kappa shape index (κ1) is 21.1. The van der Waals surface area contributed by atoms with Crippen molar-refractivity contribution < 1.29 is 23.7 Å². The Kier molecular flexibility index (Phi) is 7.29. The van der Waals surface area contributed by atoms with Crippen molar-refractivity contribution >= 4 is 24.1 Å². The number of carbonyl (C=O) groups is 2. The molecule has 26 heavy (non-hydrogen) atoms. The van der Waals surface area contributed by atoms with Gasteiger partial charge in [0.05, 0.1) is 12.3 Å². The van der Waals surface area contributed by atoms with Gasteiger partial charge in [-0.15, -0.1) is 0 Å². The van der Waals surface area contributed by atoms with Gasteiger partial charge in [-0.2, -0.15) is 5.10 Å². The van der Waals surface area contributed by atoms with Crippen LogP contribution in [0.2, 0.25) is 0 Å². The van der Waals surface area contributed by atoms with Gasteiger partial charge in [0.1, 0.15) is 16.6 Å². The zero-order valence-electron chi connectivity index (χ0n) is 15.4. The fraction of sp³-hybridized carbons (Fsp3) is 0.562. The highest BCUT2D eigenvalue weighted by Crippen LogP contribution is 2.14. The second-order valence-corrected chi connectivity index (χ2v) is 7.00. The number of hydrazone groups is 1. The summed E-state index contributed by atoms with van der Waals surface area (Å²) < 4.78 is 10.0. The van der Waals surface area contributed by atoms with Crippen molar-refractivity contribution in [3.63, 3.8) is 0 Å². The lowest BCUT2D eigenvalue weighted by molar-refractivity contribution is -0.402. The molecule has 1 atom stereocenters. The standard InChI is InChI=1S/C16H24N4O6/c1-10(2)8-12(18-15(22)26-16(3,4)5)14(21)19-17-9-11-6-7-13(25-11)20(23)24/h6-7,9-10,12H,8H2,1-5H3,(H,18,22)(H,19,21)/b17-9+/t12-/m0/s1. The second-order valence-electron chi connectivity index (χ2n) is 7.00. The van der Waals surface area contributed by atoms with Crippen molar-refractivity contribution in [2.45, 2.75) is 52.7 Å². The Morgan fingerprint density at radius 2 is 2.04 bits per heavy atom. The van der Waals surface area contributed by atoms with E-state index >= 15 is 0 Å². The van der Waals surface area contributed by atoms with E-state index in [-0.39, 0.29) is 11.7 Å². The van der Waals surface area contributed by atoms with Gasteiger partial charge in [0.15, 0.2) is 5.76 Å². The van der Waals surface area contributed by atoms with Gasteiger partial charge in [-0.05, 0) is 39.2 Å². The SMILES string of the molecule is CC(C)C[C@H](NC(=O)OC(C)(C)C)C(=O)N/N=C/c1ccc([N+](=O)[O-])o1. The van der Waals surface area contributed by atoms with E-state index in [9.17, 15) is 19.7 Å². The van der Waals surface area contributed by atoms with Crippen LogP contribution >= 0.6 is 0 Å². The fourth-order valence-corrected chi connectivity index (χ4v) is 1.90. The Labute approximate surface area is 151 Å². The van der Waals surface area contributed by atoms with Crippen LogP contribution in [0.15, 0.2) is 21.7 Å². The molecule has 0 saturated heterocycles. The maximum absolute atomic E-state index is 12.2. The molecule has 0 fully saturated rings. The van der Waals surface area contributed by atoms with Gasteiger partial charge in [-0.3, -0.25) is 14.9 Å². The van der Waals surface area contributed by atoms with E-state index in [1.54, 1.807) is 20.8 Å². The molecule has 2 N–H and O–H groups in total. The molecule has 0 aliphatic carbocycles. The van der Waals surface area contributed by atoms with E-state index < -0.39 is 34.5 Å². The molecule has 1 rings (SSSR count). The normalized spacial score (nSPS) is 12.8. The van der Waals surface area contributed by atoms with Crippen LogP contribution in [-0.2, 0) is 9.53 Å². The smallest absolute Gasteiger partial charge is 0.433 e. The number of rotatable bonds is 7. The highest BCUT2D eigenvalue weighted by Gasteiger charge is 2.25. The molecule has 2 amide bonds. The Morgan fingerprint density at radius 3 is 2.54 bits per heavy atom. The molecule has 144 valence electrons. The lowest BCUT2D eigenvalue weighted by atomic mass is 10.0. The summed E-state index contributed by atoms with van der Waals surface area (Å²) in [5.41, 5.74) is 1.59. The molecule has 0 saturated carbocycles. The third-order valence-electron chi connectivity index (χ3n) is 2.87. The van der Waals surface area contributed by atoms with Crippen LogP contribution in [0.3, 0.4) is 0 Å². The van der Waals surface area contributed by atoms with E-state index in [0.717, 1.165) is 6.21 Å². The molecule has 0 radical (unpaired) electrons. The van der Waals surface area contributed by atoms with Gasteiger partial charge in [0.25, 0.3) is 5.91 Å². The van der Waals surface area contributed by atoms with Crippen LogP contribution in [-0.4, -0.2) is 34.8 Å². The van der Waals surface area contributed by atoms with Crippen LogP contribution < -0.4 is 10.7 Å². The summed E-state index contributed by atoms with van der Waals surface area (Å²) in [5.74, 6) is -0.723. The Bertz CT molecular complexity index is 675. The highest BCUT2D eigenvalue weighted by molar-refractivity contribution is 5.86. The summed E-state index contributed by atoms with van der Waals surface area (Å²) in [6.07, 6.45) is 0.807. The number of nitro groups is 1. The minimum atomic E-state index is -0.840. The Hall–Kier alpha value is -2.91. The first-order chi connectivity index (χ1) is 12.0. The van der Waals surface area contributed by atoms with Crippen molar-refractivity contribution in [3.05, 3.63) is 28.0 Å². The summed E-state index contributed by atoms with van der Waals surface area (Å²) in [6.45, 7) is 8.97. The maximum Gasteiger partial charge on any atom is 0.433 e. The molecule has 0 bridgehead atoms. The summed E-state index contributed by atoms with van der Waals surface area (Å²) >= 11 is 0. The first-order valence-corrected chi connectivity index (χ1v) is 8.04. The molecule has 0 aromatic carbocycles. The van der Waals surface area contributed by atoms with E-state index in [2.05, 4.69) is 15.8 Å². The first-order valence-electron chi connectivity index (χ1n) is 8.04. The topological polar surface area (TPSA) is 136 Å². The summed E-state index contributed by atoms with van der Waals surface area (Å²) in [6, 6.07) is 1.68. The van der Waals surface area contributed by atoms with Gasteiger partial charge in [-0.1, -0.05) is 13.8 Å². The van der Waals surface area contributed by atoms with Crippen LogP contribution in [0, 0.1) is 16.0 Å². The third kappa shape index (κ3) is 7.77. The monoisotopic (exact) mass is 368 g/mol. The van der Waals surface area contributed by atoms with Crippen molar-refractivity contribution in [2.24, 2.45) is 11.0 Å².